The van der Waals surface area contributed by atoms with Crippen LogP contribution in [0.5, 0.6) is 5.75 Å². The molecule has 0 bridgehead atoms. The Labute approximate surface area is 340 Å². The number of nitro groups is 1. The number of sulfonamides is 1. The van der Waals surface area contributed by atoms with Gasteiger partial charge in [0.15, 0.2) is 10.3 Å². The Balaban J connectivity index is 1.02. The standard InChI is InChI=1S/C39H37FN8O7S3/c1-46(2)17-16-26(22-55-27-8-4-3-5-9-27)41-31-14-12-28(20-34(31)48(51)52)58(53,54)45-37(50)33-23-56-39(43-33)47-18-15-24-7-6-10-29(30(24)21-47)36(49)44-38-42-32-13-11-25(40)19-35(32)57-38/h3-14,19-20,23,26,41H,15-18,21-22H2,1-2H3,(H,45,50)(H,42,44,49). The number of para-hydroxylation sites is 1. The van der Waals surface area contributed by atoms with E-state index in [0.717, 1.165) is 39.9 Å². The van der Waals surface area contributed by atoms with Crippen molar-refractivity contribution >= 4 is 76.4 Å². The number of nitrogens with zero attached hydrogens (tertiary/aromatic N) is 5. The molecule has 2 amide bonds. The van der Waals surface area contributed by atoms with E-state index in [4.69, 9.17) is 4.74 Å². The highest BCUT2D eigenvalue weighted by Crippen LogP contribution is 2.32. The van der Waals surface area contributed by atoms with E-state index in [2.05, 4.69) is 20.6 Å². The van der Waals surface area contributed by atoms with Gasteiger partial charge in [-0.1, -0.05) is 41.7 Å². The van der Waals surface area contributed by atoms with Gasteiger partial charge in [0.05, 0.1) is 26.1 Å². The van der Waals surface area contributed by atoms with Crippen molar-refractivity contribution in [1.82, 2.24) is 19.6 Å². The van der Waals surface area contributed by atoms with Gasteiger partial charge in [0, 0.05) is 30.1 Å². The average Bonchev–Trinajstić information content (AvgIpc) is 3.86. The Morgan fingerprint density at radius 3 is 2.62 bits per heavy atom. The molecule has 15 nitrogen and oxygen atoms in total. The summed E-state index contributed by atoms with van der Waals surface area (Å²) in [5, 5.41) is 20.3. The van der Waals surface area contributed by atoms with Crippen molar-refractivity contribution in [2.24, 2.45) is 0 Å². The predicted molar refractivity (Wildman–Crippen MR) is 221 cm³/mol. The second-order valence-corrected chi connectivity index (χ2v) is 17.2. The van der Waals surface area contributed by atoms with E-state index in [1.807, 2.05) is 52.9 Å². The van der Waals surface area contributed by atoms with Crippen LogP contribution in [0.2, 0.25) is 0 Å². The maximum atomic E-state index is 13.7. The van der Waals surface area contributed by atoms with Crippen LogP contribution in [0.1, 0.15) is 38.4 Å². The normalized spacial score (nSPS) is 13.2. The molecule has 0 saturated heterocycles. The van der Waals surface area contributed by atoms with Crippen LogP contribution in [0.3, 0.4) is 0 Å². The molecular weight excluding hydrogens is 808 g/mol. The molecule has 4 aromatic carbocycles. The zero-order chi connectivity index (χ0) is 41.0. The average molecular weight is 845 g/mol. The molecule has 1 aliphatic heterocycles. The van der Waals surface area contributed by atoms with Gasteiger partial charge in [-0.15, -0.1) is 11.3 Å². The minimum absolute atomic E-state index is 0.0945. The lowest BCUT2D eigenvalue weighted by molar-refractivity contribution is -0.384. The third-order valence-corrected chi connectivity index (χ3v) is 12.4. The zero-order valence-corrected chi connectivity index (χ0v) is 33.6. The molecule has 1 atom stereocenters. The molecule has 58 heavy (non-hydrogen) atoms. The highest BCUT2D eigenvalue weighted by Gasteiger charge is 2.28. The lowest BCUT2D eigenvalue weighted by Gasteiger charge is -2.29. The number of carbonyl (C=O) groups excluding carboxylic acids is 2. The lowest BCUT2D eigenvalue weighted by Crippen LogP contribution is -2.33. The number of hydrogen-bond donors (Lipinski definition) is 3. The first-order valence-electron chi connectivity index (χ1n) is 18.0. The number of anilines is 3. The minimum atomic E-state index is -4.56. The van der Waals surface area contributed by atoms with Crippen molar-refractivity contribution in [1.29, 1.82) is 0 Å². The van der Waals surface area contributed by atoms with E-state index in [-0.39, 0.29) is 36.5 Å². The van der Waals surface area contributed by atoms with Gasteiger partial charge in [0.2, 0.25) is 0 Å². The molecule has 0 saturated carbocycles. The molecule has 0 spiro atoms. The molecule has 7 rings (SSSR count). The van der Waals surface area contributed by atoms with Crippen LogP contribution >= 0.6 is 22.7 Å². The van der Waals surface area contributed by atoms with E-state index in [1.165, 1.54) is 29.6 Å². The van der Waals surface area contributed by atoms with E-state index in [9.17, 15) is 32.5 Å². The SMILES string of the molecule is CN(C)CCC(COc1ccccc1)Nc1ccc(S(=O)(=O)NC(=O)c2csc(N3CCc4cccc(C(=O)Nc5nc6ccc(F)cc6s5)c4C3)n2)cc1[N+](=O)[O-]. The van der Waals surface area contributed by atoms with Crippen molar-refractivity contribution in [2.45, 2.75) is 30.3 Å². The monoisotopic (exact) mass is 844 g/mol. The number of rotatable bonds is 15. The summed E-state index contributed by atoms with van der Waals surface area (Å²) in [5.74, 6) is -1.15. The zero-order valence-electron chi connectivity index (χ0n) is 31.2. The molecule has 0 aliphatic carbocycles. The number of nitrogens with one attached hydrogen (secondary N) is 3. The van der Waals surface area contributed by atoms with Crippen LogP contribution in [0.25, 0.3) is 10.2 Å². The van der Waals surface area contributed by atoms with Crippen LogP contribution in [0.4, 0.5) is 26.0 Å². The topological polar surface area (TPSA) is 189 Å². The quantitative estimate of drug-likeness (QED) is 0.0749. The second kappa shape index (κ2) is 17.2. The Bertz CT molecular complexity index is 2600. The van der Waals surface area contributed by atoms with E-state index < -0.39 is 37.3 Å². The first-order chi connectivity index (χ1) is 27.8. The van der Waals surface area contributed by atoms with E-state index >= 15 is 0 Å². The molecule has 300 valence electrons. The summed E-state index contributed by atoms with van der Waals surface area (Å²) in [5.41, 5.74) is 2.16. The molecule has 2 aromatic heterocycles. The van der Waals surface area contributed by atoms with Gasteiger partial charge >= 0.3 is 0 Å². The van der Waals surface area contributed by atoms with Crippen molar-refractivity contribution in [2.75, 3.05) is 49.3 Å². The number of thiazole rings is 2. The second-order valence-electron chi connectivity index (χ2n) is 13.6. The summed E-state index contributed by atoms with van der Waals surface area (Å²) < 4.78 is 49.0. The summed E-state index contributed by atoms with van der Waals surface area (Å²) in [6, 6.07) is 21.8. The maximum Gasteiger partial charge on any atom is 0.293 e. The lowest BCUT2D eigenvalue weighted by atomic mass is 9.94. The Kier molecular flexibility index (Phi) is 11.9. The molecule has 1 aliphatic rings. The fourth-order valence-electron chi connectivity index (χ4n) is 6.32. The number of benzene rings is 4. The number of ether oxygens (including phenoxy) is 1. The summed E-state index contributed by atoms with van der Waals surface area (Å²) in [7, 11) is -0.754. The number of carbonyl (C=O) groups is 2. The van der Waals surface area contributed by atoms with Crippen molar-refractivity contribution in [3.05, 3.63) is 129 Å². The van der Waals surface area contributed by atoms with Gasteiger partial charge < -0.3 is 19.9 Å². The number of hydrogen-bond acceptors (Lipinski definition) is 14. The third-order valence-electron chi connectivity index (χ3n) is 9.27. The summed E-state index contributed by atoms with van der Waals surface area (Å²) in [4.78, 5) is 50.4. The van der Waals surface area contributed by atoms with Crippen LogP contribution in [0, 0.1) is 15.9 Å². The van der Waals surface area contributed by atoms with Gasteiger partial charge in [-0.25, -0.2) is 27.5 Å². The molecule has 0 radical (unpaired) electrons. The van der Waals surface area contributed by atoms with E-state index in [0.29, 0.717) is 57.7 Å². The van der Waals surface area contributed by atoms with Gasteiger partial charge in [-0.3, -0.25) is 25.0 Å². The molecule has 0 fully saturated rings. The fraction of sp³-hybridized carbons (Fsp3) is 0.231. The number of fused-ring (bicyclic) bond motifs is 2. The van der Waals surface area contributed by atoms with Crippen LogP contribution in [-0.2, 0) is 23.0 Å². The predicted octanol–water partition coefficient (Wildman–Crippen LogP) is 6.55. The molecule has 3 N–H and O–H groups in total. The van der Waals surface area contributed by atoms with Gasteiger partial charge in [-0.2, -0.15) is 0 Å². The summed E-state index contributed by atoms with van der Waals surface area (Å²) in [6.45, 7) is 1.65. The smallest absolute Gasteiger partial charge is 0.293 e. The molecule has 1 unspecified atom stereocenters. The number of amides is 2. The Morgan fingerprint density at radius 2 is 1.84 bits per heavy atom. The molecule has 6 aromatic rings. The van der Waals surface area contributed by atoms with Gasteiger partial charge in [0.25, 0.3) is 27.5 Å². The highest BCUT2D eigenvalue weighted by molar-refractivity contribution is 7.90. The number of aromatic nitrogens is 2. The van der Waals surface area contributed by atoms with Crippen molar-refractivity contribution < 1.29 is 32.1 Å². The van der Waals surface area contributed by atoms with Crippen LogP contribution in [0.15, 0.2) is 95.2 Å². The van der Waals surface area contributed by atoms with Crippen molar-refractivity contribution in [3.63, 3.8) is 0 Å². The Morgan fingerprint density at radius 1 is 1.03 bits per heavy atom. The largest absolute Gasteiger partial charge is 0.491 e. The minimum Gasteiger partial charge on any atom is -0.491 e. The first kappa shape index (κ1) is 40.2. The number of nitro benzene ring substituents is 1. The van der Waals surface area contributed by atoms with Crippen molar-refractivity contribution in [3.8, 4) is 5.75 Å². The molecular formula is C39H37FN8O7S3. The van der Waals surface area contributed by atoms with Gasteiger partial charge in [-0.05, 0) is 93.1 Å². The molecule has 19 heteroatoms. The maximum absolute atomic E-state index is 13.7. The fourth-order valence-corrected chi connectivity index (χ4v) is 9.02. The summed E-state index contributed by atoms with van der Waals surface area (Å²) in [6.07, 6.45) is 1.14. The number of halogens is 1. The summed E-state index contributed by atoms with van der Waals surface area (Å²) >= 11 is 2.30. The van der Waals surface area contributed by atoms with Crippen LogP contribution in [-0.4, -0.2) is 79.9 Å². The third kappa shape index (κ3) is 9.39. The molecule has 3 heterocycles. The van der Waals surface area contributed by atoms with Gasteiger partial charge in [0.1, 0.15) is 29.6 Å². The van der Waals surface area contributed by atoms with E-state index in [1.54, 1.807) is 30.3 Å². The van der Waals surface area contributed by atoms with Crippen LogP contribution < -0.4 is 25.0 Å². The highest BCUT2D eigenvalue weighted by atomic mass is 32.2. The first-order valence-corrected chi connectivity index (χ1v) is 21.1. The Hall–Kier alpha value is -6.02.